The first kappa shape index (κ1) is 22.5. The molecule has 0 spiro atoms. The number of benzene rings is 1. The number of amides is 2. The van der Waals surface area contributed by atoms with E-state index in [1.807, 2.05) is 6.92 Å². The lowest BCUT2D eigenvalue weighted by atomic mass is 10.1. The maximum absolute atomic E-state index is 12.1. The van der Waals surface area contributed by atoms with Crippen LogP contribution in [0.1, 0.15) is 30.1 Å². The number of likely N-dealkylation sites (tertiary alicyclic amines) is 1. The average Bonchev–Trinajstić information content (AvgIpc) is 2.73. The molecule has 0 unspecified atom stereocenters. The summed E-state index contributed by atoms with van der Waals surface area (Å²) in [5.74, 6) is 0.713. The molecule has 1 saturated heterocycles. The second-order valence-corrected chi connectivity index (χ2v) is 6.93. The summed E-state index contributed by atoms with van der Waals surface area (Å²) in [6, 6.07) is 6.44. The van der Waals surface area contributed by atoms with Crippen LogP contribution in [-0.2, 0) is 4.79 Å². The summed E-state index contributed by atoms with van der Waals surface area (Å²) in [7, 11) is 1.66. The largest absolute Gasteiger partial charge is 0.508 e. The van der Waals surface area contributed by atoms with E-state index in [1.165, 1.54) is 12.1 Å². The quantitative estimate of drug-likeness (QED) is 0.234. The van der Waals surface area contributed by atoms with Crippen LogP contribution < -0.4 is 21.3 Å². The Bertz CT molecular complexity index is 684. The van der Waals surface area contributed by atoms with Crippen molar-refractivity contribution < 1.29 is 14.7 Å². The number of nitrogens with one attached hydrogen (secondary N) is 4. The molecule has 1 fully saturated rings. The number of rotatable bonds is 8. The molecule has 1 aromatic carbocycles. The van der Waals surface area contributed by atoms with Gasteiger partial charge in [0, 0.05) is 44.8 Å². The molecule has 5 N–H and O–H groups in total. The number of phenolic OH excluding ortho intramolecular Hbond substituents is 1. The number of hydrogen-bond donors (Lipinski definition) is 5. The molecule has 0 atom stereocenters. The van der Waals surface area contributed by atoms with Crippen molar-refractivity contribution in [3.05, 3.63) is 29.8 Å². The second kappa shape index (κ2) is 11.9. The highest BCUT2D eigenvalue weighted by Gasteiger charge is 2.21. The number of phenols is 1. The van der Waals surface area contributed by atoms with Crippen LogP contribution in [0, 0.1) is 0 Å². The molecular formula is C20H32N6O3. The fourth-order valence-electron chi connectivity index (χ4n) is 3.08. The zero-order chi connectivity index (χ0) is 21.1. The Morgan fingerprint density at radius 3 is 2.48 bits per heavy atom. The monoisotopic (exact) mass is 404 g/mol. The van der Waals surface area contributed by atoms with Gasteiger partial charge >= 0.3 is 0 Å². The Morgan fingerprint density at radius 2 is 1.86 bits per heavy atom. The van der Waals surface area contributed by atoms with Gasteiger partial charge in [-0.25, -0.2) is 0 Å². The molecule has 1 aliphatic rings. The van der Waals surface area contributed by atoms with Crippen molar-refractivity contribution in [2.45, 2.75) is 25.8 Å². The minimum absolute atomic E-state index is 0.0423. The smallest absolute Gasteiger partial charge is 0.251 e. The third-order valence-corrected chi connectivity index (χ3v) is 4.72. The number of hydrogen-bond acceptors (Lipinski definition) is 5. The van der Waals surface area contributed by atoms with E-state index in [9.17, 15) is 14.7 Å². The molecule has 0 bridgehead atoms. The van der Waals surface area contributed by atoms with Gasteiger partial charge in [0.25, 0.3) is 5.91 Å². The Balaban J connectivity index is 1.74. The van der Waals surface area contributed by atoms with Crippen molar-refractivity contribution in [3.8, 4) is 5.75 Å². The van der Waals surface area contributed by atoms with E-state index in [2.05, 4.69) is 31.2 Å². The van der Waals surface area contributed by atoms with Crippen molar-refractivity contribution in [1.29, 1.82) is 0 Å². The third kappa shape index (κ3) is 7.98. The van der Waals surface area contributed by atoms with Crippen LogP contribution in [0.2, 0.25) is 0 Å². The summed E-state index contributed by atoms with van der Waals surface area (Å²) in [5, 5.41) is 21.4. The summed E-state index contributed by atoms with van der Waals surface area (Å²) < 4.78 is 0. The molecule has 9 nitrogen and oxygen atoms in total. The van der Waals surface area contributed by atoms with Gasteiger partial charge in [-0.05, 0) is 44.0 Å². The van der Waals surface area contributed by atoms with Gasteiger partial charge in [-0.1, -0.05) is 0 Å². The van der Waals surface area contributed by atoms with Gasteiger partial charge in [-0.2, -0.15) is 0 Å². The minimum Gasteiger partial charge on any atom is -0.508 e. The van der Waals surface area contributed by atoms with Crippen molar-refractivity contribution in [1.82, 2.24) is 26.2 Å². The fourth-order valence-corrected chi connectivity index (χ4v) is 3.08. The van der Waals surface area contributed by atoms with Crippen molar-refractivity contribution >= 4 is 17.8 Å². The van der Waals surface area contributed by atoms with Gasteiger partial charge in [-0.3, -0.25) is 19.5 Å². The summed E-state index contributed by atoms with van der Waals surface area (Å²) in [6.45, 7) is 5.81. The predicted octanol–water partition coefficient (Wildman–Crippen LogP) is -0.112. The maximum Gasteiger partial charge on any atom is 0.251 e. The molecule has 0 aromatic heterocycles. The predicted molar refractivity (Wildman–Crippen MR) is 113 cm³/mol. The van der Waals surface area contributed by atoms with Crippen LogP contribution in [0.3, 0.4) is 0 Å². The lowest BCUT2D eigenvalue weighted by Crippen LogP contribution is -2.50. The van der Waals surface area contributed by atoms with Crippen LogP contribution in [0.4, 0.5) is 0 Å². The van der Waals surface area contributed by atoms with E-state index in [4.69, 9.17) is 0 Å². The highest BCUT2D eigenvalue weighted by atomic mass is 16.3. The molecule has 1 aliphatic heterocycles. The van der Waals surface area contributed by atoms with Crippen LogP contribution in [-0.4, -0.2) is 80.1 Å². The van der Waals surface area contributed by atoms with E-state index >= 15 is 0 Å². The molecule has 9 heteroatoms. The van der Waals surface area contributed by atoms with Crippen LogP contribution in [0.25, 0.3) is 0 Å². The molecule has 0 saturated carbocycles. The Kier molecular flexibility index (Phi) is 9.23. The lowest BCUT2D eigenvalue weighted by Gasteiger charge is -2.32. The molecule has 160 valence electrons. The van der Waals surface area contributed by atoms with E-state index in [-0.39, 0.29) is 17.6 Å². The third-order valence-electron chi connectivity index (χ3n) is 4.72. The molecule has 0 aliphatic carbocycles. The van der Waals surface area contributed by atoms with E-state index in [0.29, 0.717) is 31.2 Å². The van der Waals surface area contributed by atoms with Crippen LogP contribution in [0.15, 0.2) is 29.3 Å². The topological polar surface area (TPSA) is 118 Å². The number of aromatic hydroxyl groups is 1. The number of likely N-dealkylation sites (N-methyl/N-ethyl adjacent to an activating group) is 1. The lowest BCUT2D eigenvalue weighted by molar-refractivity contribution is -0.122. The number of piperidine rings is 1. The SMILES string of the molecule is CCNC(=NCCNC(=O)c1ccc(O)cc1)NC1CCN(CC(=O)NC)CC1. The maximum atomic E-state index is 12.1. The summed E-state index contributed by atoms with van der Waals surface area (Å²) >= 11 is 0. The van der Waals surface area contributed by atoms with E-state index in [1.54, 1.807) is 19.2 Å². The Labute approximate surface area is 172 Å². The number of carbonyl (C=O) groups is 2. The molecule has 2 amide bonds. The normalized spacial score (nSPS) is 15.6. The van der Waals surface area contributed by atoms with Gasteiger partial charge in [0.15, 0.2) is 5.96 Å². The number of nitrogens with zero attached hydrogens (tertiary/aromatic N) is 2. The van der Waals surface area contributed by atoms with Gasteiger partial charge in [-0.15, -0.1) is 0 Å². The number of guanidine groups is 1. The van der Waals surface area contributed by atoms with E-state index in [0.717, 1.165) is 38.4 Å². The zero-order valence-corrected chi connectivity index (χ0v) is 17.2. The summed E-state index contributed by atoms with van der Waals surface area (Å²) in [4.78, 5) is 30.2. The number of carbonyl (C=O) groups excluding carboxylic acids is 2. The van der Waals surface area contributed by atoms with Crippen molar-refractivity contribution in [2.75, 3.05) is 46.3 Å². The van der Waals surface area contributed by atoms with Gasteiger partial charge in [0.05, 0.1) is 13.1 Å². The second-order valence-electron chi connectivity index (χ2n) is 6.93. The van der Waals surface area contributed by atoms with Crippen LogP contribution >= 0.6 is 0 Å². The molecule has 29 heavy (non-hydrogen) atoms. The molecule has 2 rings (SSSR count). The molecule has 1 aromatic rings. The standard InChI is InChI=1S/C20H32N6O3/c1-3-22-20(25-16-8-12-26(13-9-16)14-18(28)21-2)24-11-10-23-19(29)15-4-6-17(27)7-5-15/h4-7,16,27H,3,8-14H2,1-2H3,(H,21,28)(H,23,29)(H2,22,24,25). The van der Waals surface area contributed by atoms with Crippen LogP contribution in [0.5, 0.6) is 5.75 Å². The summed E-state index contributed by atoms with van der Waals surface area (Å²) in [6.07, 6.45) is 1.89. The first-order chi connectivity index (χ1) is 14.0. The van der Waals surface area contributed by atoms with Gasteiger partial charge in [0.2, 0.25) is 5.91 Å². The minimum atomic E-state index is -0.193. The zero-order valence-electron chi connectivity index (χ0n) is 17.2. The van der Waals surface area contributed by atoms with Crippen molar-refractivity contribution in [2.24, 2.45) is 4.99 Å². The van der Waals surface area contributed by atoms with Gasteiger partial charge < -0.3 is 26.4 Å². The highest BCUT2D eigenvalue weighted by molar-refractivity contribution is 5.94. The number of aliphatic imine (C=N–C) groups is 1. The fraction of sp³-hybridized carbons (Fsp3) is 0.550. The Hall–Kier alpha value is -2.81. The average molecular weight is 405 g/mol. The molecule has 1 heterocycles. The van der Waals surface area contributed by atoms with Gasteiger partial charge in [0.1, 0.15) is 5.75 Å². The summed E-state index contributed by atoms with van der Waals surface area (Å²) in [5.41, 5.74) is 0.500. The first-order valence-corrected chi connectivity index (χ1v) is 10.1. The molecule has 0 radical (unpaired) electrons. The molecular weight excluding hydrogens is 372 g/mol. The van der Waals surface area contributed by atoms with Crippen molar-refractivity contribution in [3.63, 3.8) is 0 Å². The highest BCUT2D eigenvalue weighted by Crippen LogP contribution is 2.10. The first-order valence-electron chi connectivity index (χ1n) is 10.1. The Morgan fingerprint density at radius 1 is 1.17 bits per heavy atom. The van der Waals surface area contributed by atoms with E-state index < -0.39 is 0 Å².